The summed E-state index contributed by atoms with van der Waals surface area (Å²) in [5.41, 5.74) is 4.49. The molecule has 2 aromatic heterocycles. The smallest absolute Gasteiger partial charge is 0.177 e. The lowest BCUT2D eigenvalue weighted by Gasteiger charge is -2.18. The fraction of sp³-hybridized carbons (Fsp3) is 0.200. The maximum atomic E-state index is 10.2. The van der Waals surface area contributed by atoms with Crippen molar-refractivity contribution in [3.8, 4) is 0 Å². The minimum absolute atomic E-state index is 0.233. The summed E-state index contributed by atoms with van der Waals surface area (Å²) < 4.78 is 0. The topological polar surface area (TPSA) is 77.1 Å². The maximum Gasteiger partial charge on any atom is 0.177 e. The molecular formula is C15H15N5O. The van der Waals surface area contributed by atoms with Crippen LogP contribution >= 0.6 is 0 Å². The predicted molar refractivity (Wildman–Crippen MR) is 80.4 cm³/mol. The average Bonchev–Trinajstić information content (AvgIpc) is 3.03. The fourth-order valence-corrected chi connectivity index (χ4v) is 2.70. The van der Waals surface area contributed by atoms with Gasteiger partial charge in [-0.3, -0.25) is 5.21 Å². The molecule has 0 saturated carbocycles. The second kappa shape index (κ2) is 4.46. The van der Waals surface area contributed by atoms with Gasteiger partial charge >= 0.3 is 0 Å². The summed E-state index contributed by atoms with van der Waals surface area (Å²) in [6, 6.07) is 9.62. The van der Waals surface area contributed by atoms with E-state index in [-0.39, 0.29) is 6.17 Å². The van der Waals surface area contributed by atoms with Gasteiger partial charge in [-0.05, 0) is 30.7 Å². The van der Waals surface area contributed by atoms with E-state index in [0.717, 1.165) is 28.3 Å². The number of aromatic nitrogens is 3. The normalized spacial score (nSPS) is 17.0. The molecule has 1 aliphatic rings. The second-order valence-electron chi connectivity index (χ2n) is 5.24. The molecule has 1 aromatic carbocycles. The molecule has 3 aromatic rings. The van der Waals surface area contributed by atoms with Crippen LogP contribution in [0.5, 0.6) is 0 Å². The highest BCUT2D eigenvalue weighted by atomic mass is 16.5. The van der Waals surface area contributed by atoms with Gasteiger partial charge in [0.05, 0.1) is 16.9 Å². The number of hydrogen-bond donors (Lipinski definition) is 3. The van der Waals surface area contributed by atoms with Crippen LogP contribution in [0.15, 0.2) is 36.5 Å². The van der Waals surface area contributed by atoms with Gasteiger partial charge < -0.3 is 10.3 Å². The highest BCUT2D eigenvalue weighted by molar-refractivity contribution is 5.75. The Bertz CT molecular complexity index is 813. The predicted octanol–water partition coefficient (Wildman–Crippen LogP) is 2.46. The van der Waals surface area contributed by atoms with Crippen LogP contribution in [-0.4, -0.2) is 26.3 Å². The number of hydrogen-bond acceptors (Lipinski definition) is 5. The molecule has 106 valence electrons. The van der Waals surface area contributed by atoms with Crippen molar-refractivity contribution in [3.05, 3.63) is 47.9 Å². The van der Waals surface area contributed by atoms with Crippen molar-refractivity contribution >= 4 is 22.5 Å². The van der Waals surface area contributed by atoms with E-state index in [4.69, 9.17) is 0 Å². The zero-order valence-corrected chi connectivity index (χ0v) is 11.5. The minimum Gasteiger partial charge on any atom is -0.361 e. The van der Waals surface area contributed by atoms with Crippen LogP contribution in [0.3, 0.4) is 0 Å². The number of imidazole rings is 1. The van der Waals surface area contributed by atoms with Crippen molar-refractivity contribution in [2.24, 2.45) is 0 Å². The Hall–Kier alpha value is -2.60. The number of nitrogens with one attached hydrogen (secondary N) is 2. The van der Waals surface area contributed by atoms with Crippen molar-refractivity contribution in [3.63, 3.8) is 0 Å². The summed E-state index contributed by atoms with van der Waals surface area (Å²) in [6.07, 6.45) is 2.08. The Morgan fingerprint density at radius 3 is 2.95 bits per heavy atom. The lowest BCUT2D eigenvalue weighted by atomic mass is 10.3. The van der Waals surface area contributed by atoms with Gasteiger partial charge in [0.2, 0.25) is 0 Å². The van der Waals surface area contributed by atoms with Crippen molar-refractivity contribution in [1.82, 2.24) is 15.0 Å². The number of hydroxylamine groups is 1. The number of nitrogens with zero attached hydrogens (tertiary/aromatic N) is 3. The SMILES string of the molecule is Cc1ccnc2nc(CC3Nc4ccccc4N3O)[nH]c12. The third kappa shape index (κ3) is 1.92. The van der Waals surface area contributed by atoms with Gasteiger partial charge in [-0.1, -0.05) is 12.1 Å². The van der Waals surface area contributed by atoms with E-state index < -0.39 is 0 Å². The molecule has 0 radical (unpaired) electrons. The van der Waals surface area contributed by atoms with Crippen molar-refractivity contribution < 1.29 is 5.21 Å². The molecule has 4 rings (SSSR count). The third-order valence-corrected chi connectivity index (χ3v) is 3.80. The Morgan fingerprint density at radius 1 is 1.29 bits per heavy atom. The van der Waals surface area contributed by atoms with Crippen molar-refractivity contribution in [1.29, 1.82) is 0 Å². The second-order valence-corrected chi connectivity index (χ2v) is 5.24. The summed E-state index contributed by atoms with van der Waals surface area (Å²) in [7, 11) is 0. The molecule has 6 nitrogen and oxygen atoms in total. The maximum absolute atomic E-state index is 10.2. The van der Waals surface area contributed by atoms with E-state index in [1.165, 1.54) is 5.06 Å². The van der Waals surface area contributed by atoms with E-state index in [2.05, 4.69) is 20.3 Å². The fourth-order valence-electron chi connectivity index (χ4n) is 2.70. The number of anilines is 2. The summed E-state index contributed by atoms with van der Waals surface area (Å²) in [5.74, 6) is 0.802. The van der Waals surface area contributed by atoms with Crippen LogP contribution in [0.4, 0.5) is 11.4 Å². The van der Waals surface area contributed by atoms with E-state index in [9.17, 15) is 5.21 Å². The Balaban J connectivity index is 1.63. The first kappa shape index (κ1) is 12.2. The number of aryl methyl sites for hydroxylation is 1. The summed E-state index contributed by atoms with van der Waals surface area (Å²) in [4.78, 5) is 12.0. The van der Waals surface area contributed by atoms with Gasteiger partial charge in [0, 0.05) is 12.6 Å². The number of rotatable bonds is 2. The number of fused-ring (bicyclic) bond motifs is 2. The van der Waals surface area contributed by atoms with Crippen LogP contribution in [0, 0.1) is 6.92 Å². The van der Waals surface area contributed by atoms with Gasteiger partial charge in [0.25, 0.3) is 0 Å². The van der Waals surface area contributed by atoms with Crippen molar-refractivity contribution in [2.75, 3.05) is 10.4 Å². The number of benzene rings is 1. The number of aromatic amines is 1. The molecule has 0 aliphatic carbocycles. The Morgan fingerprint density at radius 2 is 2.14 bits per heavy atom. The molecule has 0 amide bonds. The summed E-state index contributed by atoms with van der Waals surface area (Å²) >= 11 is 0. The Labute approximate surface area is 121 Å². The molecule has 0 spiro atoms. The minimum atomic E-state index is -0.233. The Kier molecular flexibility index (Phi) is 2.58. The first-order chi connectivity index (χ1) is 10.2. The van der Waals surface area contributed by atoms with Crippen LogP contribution in [0.25, 0.3) is 11.2 Å². The molecule has 0 saturated heterocycles. The van der Waals surface area contributed by atoms with E-state index in [1.807, 2.05) is 37.3 Å². The molecule has 1 unspecified atom stereocenters. The van der Waals surface area contributed by atoms with E-state index in [0.29, 0.717) is 12.1 Å². The van der Waals surface area contributed by atoms with Gasteiger partial charge in [0.15, 0.2) is 5.65 Å². The first-order valence-electron chi connectivity index (χ1n) is 6.86. The van der Waals surface area contributed by atoms with Crippen LogP contribution in [0.2, 0.25) is 0 Å². The number of pyridine rings is 1. The molecule has 3 heterocycles. The molecule has 0 fully saturated rings. The lowest BCUT2D eigenvalue weighted by molar-refractivity contribution is 0.231. The van der Waals surface area contributed by atoms with Gasteiger partial charge in [0.1, 0.15) is 12.0 Å². The van der Waals surface area contributed by atoms with Crippen LogP contribution in [-0.2, 0) is 6.42 Å². The molecule has 3 N–H and O–H groups in total. The average molecular weight is 281 g/mol. The van der Waals surface area contributed by atoms with Crippen LogP contribution in [0.1, 0.15) is 11.4 Å². The first-order valence-corrected chi connectivity index (χ1v) is 6.86. The lowest BCUT2D eigenvalue weighted by Crippen LogP contribution is -2.35. The largest absolute Gasteiger partial charge is 0.361 e. The molecule has 6 heteroatoms. The highest BCUT2D eigenvalue weighted by Crippen LogP contribution is 2.33. The zero-order valence-electron chi connectivity index (χ0n) is 11.5. The molecule has 21 heavy (non-hydrogen) atoms. The molecule has 1 atom stereocenters. The van der Waals surface area contributed by atoms with Gasteiger partial charge in [-0.25, -0.2) is 15.0 Å². The van der Waals surface area contributed by atoms with Crippen LogP contribution < -0.4 is 10.4 Å². The quantitative estimate of drug-likeness (QED) is 0.672. The monoisotopic (exact) mass is 281 g/mol. The standard InChI is InChI=1S/C15H15N5O/c1-9-6-7-16-15-14(9)18-12(19-15)8-13-17-10-4-2-3-5-11(10)20(13)21/h2-7,13,17,21H,8H2,1H3,(H,16,18,19). The van der Waals surface area contributed by atoms with Crippen molar-refractivity contribution in [2.45, 2.75) is 19.5 Å². The third-order valence-electron chi connectivity index (χ3n) is 3.80. The highest BCUT2D eigenvalue weighted by Gasteiger charge is 2.28. The van der Waals surface area contributed by atoms with E-state index >= 15 is 0 Å². The molecular weight excluding hydrogens is 266 g/mol. The molecule has 1 aliphatic heterocycles. The number of para-hydroxylation sites is 2. The molecule has 0 bridgehead atoms. The van der Waals surface area contributed by atoms with Gasteiger partial charge in [-0.2, -0.15) is 0 Å². The summed E-state index contributed by atoms with van der Waals surface area (Å²) in [6.45, 7) is 2.02. The van der Waals surface area contributed by atoms with Gasteiger partial charge in [-0.15, -0.1) is 0 Å². The zero-order chi connectivity index (χ0) is 14.4. The summed E-state index contributed by atoms with van der Waals surface area (Å²) in [5, 5.41) is 14.8. The number of H-pyrrole nitrogens is 1. The van der Waals surface area contributed by atoms with E-state index in [1.54, 1.807) is 6.20 Å².